The number of hydrogen-bond acceptors (Lipinski definition) is 7. The summed E-state index contributed by atoms with van der Waals surface area (Å²) in [6, 6.07) is 13.2. The molecule has 9 heteroatoms. The number of nitrogens with one attached hydrogen (secondary N) is 1. The average molecular weight is 510 g/mol. The van der Waals surface area contributed by atoms with E-state index >= 15 is 0 Å². The molecule has 2 aromatic rings. The molecule has 0 aliphatic carbocycles. The molecule has 191 valence electrons. The predicted octanol–water partition coefficient (Wildman–Crippen LogP) is 5.14. The van der Waals surface area contributed by atoms with Crippen molar-refractivity contribution in [1.29, 1.82) is 0 Å². The van der Waals surface area contributed by atoms with E-state index in [-0.39, 0.29) is 17.3 Å². The first-order valence-electron chi connectivity index (χ1n) is 12.2. The summed E-state index contributed by atoms with van der Waals surface area (Å²) >= 11 is 1.23. The van der Waals surface area contributed by atoms with Gasteiger partial charge in [-0.3, -0.25) is 14.5 Å². The van der Waals surface area contributed by atoms with Crippen molar-refractivity contribution >= 4 is 34.3 Å². The Morgan fingerprint density at radius 2 is 1.94 bits per heavy atom. The van der Waals surface area contributed by atoms with Gasteiger partial charge in [0.05, 0.1) is 32.0 Å². The van der Waals surface area contributed by atoms with E-state index in [2.05, 4.69) is 21.9 Å². The largest absolute Gasteiger partial charge is 0.493 e. The number of hydrazone groups is 1. The Hall–Kier alpha value is -3.04. The second-order valence-corrected chi connectivity index (χ2v) is 10.0. The topological polar surface area (TPSA) is 83.5 Å². The molecule has 1 saturated heterocycles. The van der Waals surface area contributed by atoms with Crippen LogP contribution in [0.3, 0.4) is 0 Å². The number of anilines is 1. The van der Waals surface area contributed by atoms with Crippen molar-refractivity contribution < 1.29 is 19.1 Å². The molecule has 2 aliphatic heterocycles. The van der Waals surface area contributed by atoms with E-state index in [4.69, 9.17) is 9.47 Å². The van der Waals surface area contributed by atoms with Crippen molar-refractivity contribution in [3.05, 3.63) is 60.1 Å². The van der Waals surface area contributed by atoms with Crippen LogP contribution < -0.4 is 14.8 Å². The second-order valence-electron chi connectivity index (χ2n) is 9.09. The van der Waals surface area contributed by atoms with E-state index in [0.717, 1.165) is 41.9 Å². The van der Waals surface area contributed by atoms with Gasteiger partial charge in [0.1, 0.15) is 0 Å². The summed E-state index contributed by atoms with van der Waals surface area (Å²) in [7, 11) is 1.61. The van der Waals surface area contributed by atoms with Crippen molar-refractivity contribution in [3.63, 3.8) is 0 Å². The first-order chi connectivity index (χ1) is 17.4. The van der Waals surface area contributed by atoms with Gasteiger partial charge in [-0.15, -0.1) is 0 Å². The molecular formula is C27H33N4O4S. The monoisotopic (exact) mass is 509 g/mol. The van der Waals surface area contributed by atoms with E-state index in [0.29, 0.717) is 30.3 Å². The lowest BCUT2D eigenvalue weighted by Crippen LogP contribution is -2.34. The van der Waals surface area contributed by atoms with Gasteiger partial charge in [0.15, 0.2) is 11.5 Å². The fraction of sp³-hybridized carbons (Fsp3) is 0.407. The normalized spacial score (nSPS) is 16.6. The van der Waals surface area contributed by atoms with E-state index in [9.17, 15) is 9.59 Å². The highest BCUT2D eigenvalue weighted by atomic mass is 32.2. The lowest BCUT2D eigenvalue weighted by molar-refractivity contribution is -0.117. The summed E-state index contributed by atoms with van der Waals surface area (Å²) in [4.78, 5) is 27.0. The molecule has 8 nitrogen and oxygen atoms in total. The molecule has 0 bridgehead atoms. The fourth-order valence-corrected chi connectivity index (χ4v) is 4.82. The number of amides is 2. The minimum atomic E-state index is -0.0962. The molecule has 2 amide bonds. The number of methoxy groups -OCH3 is 1. The smallest absolute Gasteiger partial charge is 0.302 e. The van der Waals surface area contributed by atoms with E-state index in [1.807, 2.05) is 56.3 Å². The summed E-state index contributed by atoms with van der Waals surface area (Å²) in [5.74, 6) is 1.77. The van der Waals surface area contributed by atoms with Gasteiger partial charge in [-0.2, -0.15) is 5.10 Å². The van der Waals surface area contributed by atoms with Crippen molar-refractivity contribution in [3.8, 4) is 11.5 Å². The molecule has 0 saturated carbocycles. The third-order valence-corrected chi connectivity index (χ3v) is 6.72. The van der Waals surface area contributed by atoms with Crippen LogP contribution in [0.2, 0.25) is 0 Å². The Bertz CT molecular complexity index is 1100. The quantitative estimate of drug-likeness (QED) is 0.504. The minimum absolute atomic E-state index is 0.00533. The molecular weight excluding hydrogens is 476 g/mol. The number of carbonyl (C=O) groups is 2. The molecule has 2 aliphatic rings. The molecule has 1 N–H and O–H groups in total. The van der Waals surface area contributed by atoms with Gasteiger partial charge in [-0.05, 0) is 69.1 Å². The van der Waals surface area contributed by atoms with Crippen LogP contribution in [0.5, 0.6) is 11.5 Å². The summed E-state index contributed by atoms with van der Waals surface area (Å²) in [5, 5.41) is 8.98. The summed E-state index contributed by atoms with van der Waals surface area (Å²) in [6.07, 6.45) is 3.36. The van der Waals surface area contributed by atoms with E-state index in [1.54, 1.807) is 7.11 Å². The van der Waals surface area contributed by atoms with Crippen LogP contribution in [0.4, 0.5) is 10.5 Å². The summed E-state index contributed by atoms with van der Waals surface area (Å²) < 4.78 is 11.3. The van der Waals surface area contributed by atoms with Gasteiger partial charge in [0, 0.05) is 23.5 Å². The molecule has 0 spiro atoms. The number of rotatable bonds is 9. The highest BCUT2D eigenvalue weighted by Gasteiger charge is 2.23. The molecule has 1 radical (unpaired) electrons. The van der Waals surface area contributed by atoms with Crippen molar-refractivity contribution in [1.82, 2.24) is 9.91 Å². The third kappa shape index (κ3) is 7.01. The van der Waals surface area contributed by atoms with Crippen molar-refractivity contribution in [2.45, 2.75) is 45.8 Å². The maximum absolute atomic E-state index is 12.6. The van der Waals surface area contributed by atoms with E-state index < -0.39 is 0 Å². The van der Waals surface area contributed by atoms with Crippen LogP contribution in [0.15, 0.2) is 47.6 Å². The van der Waals surface area contributed by atoms with E-state index in [1.165, 1.54) is 23.2 Å². The first kappa shape index (κ1) is 26.0. The molecule has 36 heavy (non-hydrogen) atoms. The van der Waals surface area contributed by atoms with Crippen LogP contribution in [-0.2, 0) is 11.3 Å². The van der Waals surface area contributed by atoms with Gasteiger partial charge in [-0.1, -0.05) is 30.3 Å². The first-order valence-corrected chi connectivity index (χ1v) is 13.2. The van der Waals surface area contributed by atoms with Gasteiger partial charge in [0.25, 0.3) is 0 Å². The second kappa shape index (κ2) is 12.3. The maximum atomic E-state index is 12.6. The van der Waals surface area contributed by atoms with Crippen molar-refractivity contribution in [2.24, 2.45) is 5.10 Å². The Kier molecular flexibility index (Phi) is 8.88. The average Bonchev–Trinajstić information content (AvgIpc) is 2.86. The number of nitrogens with zero attached hydrogens (tertiary/aromatic N) is 3. The van der Waals surface area contributed by atoms with Gasteiger partial charge in [0.2, 0.25) is 5.91 Å². The summed E-state index contributed by atoms with van der Waals surface area (Å²) in [6.45, 7) is 7.68. The van der Waals surface area contributed by atoms with Crippen molar-refractivity contribution in [2.75, 3.05) is 31.3 Å². The molecule has 0 aromatic heterocycles. The van der Waals surface area contributed by atoms with Gasteiger partial charge < -0.3 is 14.8 Å². The van der Waals surface area contributed by atoms with Gasteiger partial charge in [-0.25, -0.2) is 5.01 Å². The van der Waals surface area contributed by atoms with Crippen LogP contribution >= 0.6 is 11.8 Å². The van der Waals surface area contributed by atoms with Crippen LogP contribution in [0, 0.1) is 6.54 Å². The van der Waals surface area contributed by atoms with Crippen LogP contribution in [-0.4, -0.2) is 58.8 Å². The Balaban J connectivity index is 1.40. The fourth-order valence-electron chi connectivity index (χ4n) is 4.08. The molecule has 4 rings (SSSR count). The SMILES string of the molecule is COc1ccc(C2=NN(Cc3ccc(NC(=O)CN4[CH]CCCC4)cc3)C(=O)SC2)cc1OC(C)C. The highest BCUT2D eigenvalue weighted by Crippen LogP contribution is 2.31. The molecule has 0 atom stereocenters. The summed E-state index contributed by atoms with van der Waals surface area (Å²) in [5.41, 5.74) is 3.35. The Labute approximate surface area is 217 Å². The predicted molar refractivity (Wildman–Crippen MR) is 143 cm³/mol. The lowest BCUT2D eigenvalue weighted by atomic mass is 10.1. The number of benzene rings is 2. The molecule has 2 aromatic carbocycles. The number of piperidine rings is 1. The standard InChI is InChI=1S/C27H33N4O4S/c1-19(2)35-25-15-21(9-12-24(25)34-3)23-18-36-27(33)31(29-23)16-20-7-10-22(11-8-20)28-26(32)17-30-13-5-4-6-14-30/h7-13,15,19H,4-6,14,16-18H2,1-3H3,(H,28,32). The zero-order valence-corrected chi connectivity index (χ0v) is 21.8. The molecule has 0 unspecified atom stereocenters. The number of hydrogen-bond donors (Lipinski definition) is 1. The molecule has 2 heterocycles. The Morgan fingerprint density at radius 3 is 2.64 bits per heavy atom. The number of carbonyl (C=O) groups excluding carboxylic acids is 2. The number of thioether (sulfide) groups is 1. The zero-order chi connectivity index (χ0) is 25.5. The number of likely N-dealkylation sites (tertiary alicyclic amines) is 1. The third-order valence-electron chi connectivity index (χ3n) is 5.85. The number of ether oxygens (including phenoxy) is 2. The van der Waals surface area contributed by atoms with Crippen LogP contribution in [0.25, 0.3) is 0 Å². The maximum Gasteiger partial charge on any atom is 0.302 e. The molecule has 1 fully saturated rings. The highest BCUT2D eigenvalue weighted by molar-refractivity contribution is 8.14. The van der Waals surface area contributed by atoms with Gasteiger partial charge >= 0.3 is 5.24 Å². The lowest BCUT2D eigenvalue weighted by Gasteiger charge is -2.25. The Morgan fingerprint density at radius 1 is 1.14 bits per heavy atom. The van der Waals surface area contributed by atoms with Crippen LogP contribution in [0.1, 0.15) is 44.2 Å². The minimum Gasteiger partial charge on any atom is -0.493 e. The zero-order valence-electron chi connectivity index (χ0n) is 21.0.